The van der Waals surface area contributed by atoms with E-state index in [4.69, 9.17) is 0 Å². The summed E-state index contributed by atoms with van der Waals surface area (Å²) in [5, 5.41) is 3.60. The van der Waals surface area contributed by atoms with Gasteiger partial charge >= 0.3 is 0 Å². The van der Waals surface area contributed by atoms with Crippen LogP contribution >= 0.6 is 0 Å². The summed E-state index contributed by atoms with van der Waals surface area (Å²) >= 11 is 0. The first kappa shape index (κ1) is 17.0. The van der Waals surface area contributed by atoms with Gasteiger partial charge in [-0.05, 0) is 11.6 Å². The fourth-order valence-electron chi connectivity index (χ4n) is 3.33. The van der Waals surface area contributed by atoms with Gasteiger partial charge in [0.2, 0.25) is 17.7 Å². The SMILES string of the molecule is CNC(=O)[C@@H]1CN(C(=O)Cc2c[nH]c3ccccc23)CCN1C(C)=O. The van der Waals surface area contributed by atoms with Crippen molar-refractivity contribution in [1.29, 1.82) is 0 Å². The van der Waals surface area contributed by atoms with Crippen LogP contribution < -0.4 is 5.32 Å². The highest BCUT2D eigenvalue weighted by molar-refractivity contribution is 5.91. The average Bonchev–Trinajstić information content (AvgIpc) is 3.03. The van der Waals surface area contributed by atoms with E-state index in [1.165, 1.54) is 18.9 Å². The van der Waals surface area contributed by atoms with Crippen LogP contribution in [0, 0.1) is 0 Å². The van der Waals surface area contributed by atoms with E-state index in [2.05, 4.69) is 10.3 Å². The fraction of sp³-hybridized carbons (Fsp3) is 0.389. The lowest BCUT2D eigenvalue weighted by atomic mass is 10.1. The first-order valence-corrected chi connectivity index (χ1v) is 8.33. The Kier molecular flexibility index (Phi) is 4.74. The Balaban J connectivity index is 1.74. The molecule has 0 bridgehead atoms. The molecule has 1 aliphatic heterocycles. The van der Waals surface area contributed by atoms with Crippen molar-refractivity contribution < 1.29 is 14.4 Å². The number of nitrogens with zero attached hydrogens (tertiary/aromatic N) is 2. The van der Waals surface area contributed by atoms with Gasteiger partial charge in [0.1, 0.15) is 6.04 Å². The van der Waals surface area contributed by atoms with E-state index in [0.717, 1.165) is 16.5 Å². The molecule has 1 aromatic carbocycles. The molecule has 2 aromatic rings. The first-order valence-electron chi connectivity index (χ1n) is 8.33. The lowest BCUT2D eigenvalue weighted by Crippen LogP contribution is -2.61. The molecule has 0 unspecified atom stereocenters. The van der Waals surface area contributed by atoms with Crippen molar-refractivity contribution >= 4 is 28.6 Å². The Morgan fingerprint density at radius 2 is 2.00 bits per heavy atom. The Morgan fingerprint density at radius 1 is 1.24 bits per heavy atom. The van der Waals surface area contributed by atoms with Gasteiger partial charge in [-0.3, -0.25) is 14.4 Å². The summed E-state index contributed by atoms with van der Waals surface area (Å²) in [5.41, 5.74) is 1.93. The molecule has 1 fully saturated rings. The second kappa shape index (κ2) is 6.96. The van der Waals surface area contributed by atoms with E-state index in [9.17, 15) is 14.4 Å². The molecule has 3 amide bonds. The molecule has 7 heteroatoms. The molecule has 0 saturated carbocycles. The van der Waals surface area contributed by atoms with Crippen LogP contribution in [0.25, 0.3) is 10.9 Å². The molecule has 7 nitrogen and oxygen atoms in total. The average molecular weight is 342 g/mol. The van der Waals surface area contributed by atoms with Gasteiger partial charge in [-0.25, -0.2) is 0 Å². The summed E-state index contributed by atoms with van der Waals surface area (Å²) in [6, 6.07) is 7.20. The molecule has 1 atom stereocenters. The van der Waals surface area contributed by atoms with E-state index in [1.807, 2.05) is 30.5 Å². The monoisotopic (exact) mass is 342 g/mol. The molecule has 132 valence electrons. The lowest BCUT2D eigenvalue weighted by molar-refractivity contribution is -0.146. The zero-order chi connectivity index (χ0) is 18.0. The number of para-hydroxylation sites is 1. The molecule has 3 rings (SSSR count). The molecule has 25 heavy (non-hydrogen) atoms. The number of aromatic nitrogens is 1. The zero-order valence-corrected chi connectivity index (χ0v) is 14.4. The summed E-state index contributed by atoms with van der Waals surface area (Å²) in [7, 11) is 1.54. The Morgan fingerprint density at radius 3 is 2.72 bits per heavy atom. The number of likely N-dealkylation sites (N-methyl/N-ethyl adjacent to an activating group) is 1. The second-order valence-electron chi connectivity index (χ2n) is 6.22. The van der Waals surface area contributed by atoms with Crippen molar-refractivity contribution in [2.24, 2.45) is 0 Å². The maximum Gasteiger partial charge on any atom is 0.244 e. The van der Waals surface area contributed by atoms with Gasteiger partial charge in [0.05, 0.1) is 13.0 Å². The van der Waals surface area contributed by atoms with Crippen LogP contribution in [0.5, 0.6) is 0 Å². The minimum atomic E-state index is -0.636. The number of amides is 3. The topological polar surface area (TPSA) is 85.5 Å². The summed E-state index contributed by atoms with van der Waals surface area (Å²) < 4.78 is 0. The predicted molar refractivity (Wildman–Crippen MR) is 93.8 cm³/mol. The first-order chi connectivity index (χ1) is 12.0. The molecule has 2 N–H and O–H groups in total. The number of nitrogens with one attached hydrogen (secondary N) is 2. The quantitative estimate of drug-likeness (QED) is 0.852. The minimum absolute atomic E-state index is 0.0399. The van der Waals surface area contributed by atoms with Gasteiger partial charge in [-0.15, -0.1) is 0 Å². The molecule has 1 saturated heterocycles. The normalized spacial score (nSPS) is 17.6. The van der Waals surface area contributed by atoms with Crippen LogP contribution in [0.15, 0.2) is 30.5 Å². The summed E-state index contributed by atoms with van der Waals surface area (Å²) in [4.78, 5) is 42.9. The van der Waals surface area contributed by atoms with Crippen molar-refractivity contribution in [3.05, 3.63) is 36.0 Å². The van der Waals surface area contributed by atoms with Gasteiger partial charge in [0.25, 0.3) is 0 Å². The number of fused-ring (bicyclic) bond motifs is 1. The molecule has 0 radical (unpaired) electrons. The molecule has 1 aromatic heterocycles. The van der Waals surface area contributed by atoms with Crippen molar-refractivity contribution in [2.75, 3.05) is 26.7 Å². The van der Waals surface area contributed by atoms with Crippen LogP contribution in [0.1, 0.15) is 12.5 Å². The molecule has 0 aliphatic carbocycles. The molecular weight excluding hydrogens is 320 g/mol. The second-order valence-corrected chi connectivity index (χ2v) is 6.22. The standard InChI is InChI=1S/C18H22N4O3/c1-12(23)22-8-7-21(11-16(22)18(25)19-2)17(24)9-13-10-20-15-6-4-3-5-14(13)15/h3-6,10,16,20H,7-9,11H2,1-2H3,(H,19,25)/t16-/m0/s1. The van der Waals surface area contributed by atoms with Crippen LogP contribution in [-0.2, 0) is 20.8 Å². The van der Waals surface area contributed by atoms with E-state index in [-0.39, 0.29) is 30.7 Å². The summed E-state index contributed by atoms with van der Waals surface area (Å²) in [6.45, 7) is 2.47. The maximum absolute atomic E-state index is 12.7. The van der Waals surface area contributed by atoms with Gasteiger partial charge < -0.3 is 20.1 Å². The molecule has 1 aliphatic rings. The Hall–Kier alpha value is -2.83. The number of piperazine rings is 1. The summed E-state index contributed by atoms with van der Waals surface area (Å²) in [6.07, 6.45) is 2.12. The van der Waals surface area contributed by atoms with E-state index in [0.29, 0.717) is 13.1 Å². The Bertz CT molecular complexity index is 814. The van der Waals surface area contributed by atoms with Crippen LogP contribution in [0.2, 0.25) is 0 Å². The number of carbonyl (C=O) groups excluding carboxylic acids is 3. The third-order valence-electron chi connectivity index (χ3n) is 4.70. The van der Waals surface area contributed by atoms with Crippen molar-refractivity contribution in [3.63, 3.8) is 0 Å². The highest BCUT2D eigenvalue weighted by Gasteiger charge is 2.35. The Labute approximate surface area is 146 Å². The van der Waals surface area contributed by atoms with Gasteiger partial charge in [0, 0.05) is 44.2 Å². The minimum Gasteiger partial charge on any atom is -0.361 e. The predicted octanol–water partition coefficient (Wildman–Crippen LogP) is 0.516. The van der Waals surface area contributed by atoms with Crippen LogP contribution in [-0.4, -0.2) is 65.2 Å². The number of hydrogen-bond donors (Lipinski definition) is 2. The van der Waals surface area contributed by atoms with E-state index >= 15 is 0 Å². The zero-order valence-electron chi connectivity index (χ0n) is 14.4. The number of rotatable bonds is 3. The largest absolute Gasteiger partial charge is 0.361 e. The van der Waals surface area contributed by atoms with Crippen molar-refractivity contribution in [1.82, 2.24) is 20.1 Å². The van der Waals surface area contributed by atoms with Crippen LogP contribution in [0.3, 0.4) is 0 Å². The summed E-state index contributed by atoms with van der Waals surface area (Å²) in [5.74, 6) is -0.445. The number of benzene rings is 1. The van der Waals surface area contributed by atoms with Gasteiger partial charge in [-0.1, -0.05) is 18.2 Å². The van der Waals surface area contributed by atoms with Gasteiger partial charge in [-0.2, -0.15) is 0 Å². The van der Waals surface area contributed by atoms with Crippen molar-refractivity contribution in [2.45, 2.75) is 19.4 Å². The molecular formula is C18H22N4O3. The van der Waals surface area contributed by atoms with Crippen molar-refractivity contribution in [3.8, 4) is 0 Å². The molecule has 0 spiro atoms. The smallest absolute Gasteiger partial charge is 0.244 e. The third kappa shape index (κ3) is 3.35. The van der Waals surface area contributed by atoms with Crippen LogP contribution in [0.4, 0.5) is 0 Å². The molecule has 2 heterocycles. The number of hydrogen-bond acceptors (Lipinski definition) is 3. The van der Waals surface area contributed by atoms with E-state index < -0.39 is 6.04 Å². The fourth-order valence-corrected chi connectivity index (χ4v) is 3.33. The highest BCUT2D eigenvalue weighted by atomic mass is 16.2. The lowest BCUT2D eigenvalue weighted by Gasteiger charge is -2.40. The third-order valence-corrected chi connectivity index (χ3v) is 4.70. The number of H-pyrrole nitrogens is 1. The maximum atomic E-state index is 12.7. The number of aromatic amines is 1. The van der Waals surface area contributed by atoms with E-state index in [1.54, 1.807) is 4.90 Å². The van der Waals surface area contributed by atoms with Gasteiger partial charge in [0.15, 0.2) is 0 Å². The number of carbonyl (C=O) groups is 3. The highest BCUT2D eigenvalue weighted by Crippen LogP contribution is 2.20.